The molecule has 0 bridgehead atoms. The minimum Gasteiger partial charge on any atom is -0.492 e. The number of rotatable bonds is 8. The lowest BCUT2D eigenvalue weighted by molar-refractivity contribution is -0.145. The van der Waals surface area contributed by atoms with Crippen molar-refractivity contribution in [1.82, 2.24) is 4.73 Å². The Morgan fingerprint density at radius 1 is 1.03 bits per heavy atom. The van der Waals surface area contributed by atoms with E-state index < -0.39 is 35.3 Å². The van der Waals surface area contributed by atoms with Gasteiger partial charge in [0.25, 0.3) is 11.8 Å². The first-order valence-electron chi connectivity index (χ1n) is 9.39. The van der Waals surface area contributed by atoms with E-state index in [9.17, 15) is 29.4 Å². The molecular weight excluding hydrogens is 392 g/mol. The quantitative estimate of drug-likeness (QED) is 0.386. The fraction of sp³-hybridized carbons (Fsp3) is 0.238. The Labute approximate surface area is 171 Å². The maximum atomic E-state index is 12.8. The van der Waals surface area contributed by atoms with Gasteiger partial charge in [-0.05, 0) is 18.6 Å². The predicted octanol–water partition coefficient (Wildman–Crippen LogP) is 2.10. The van der Waals surface area contributed by atoms with Crippen molar-refractivity contribution in [2.24, 2.45) is 0 Å². The first-order valence-corrected chi connectivity index (χ1v) is 9.39. The summed E-state index contributed by atoms with van der Waals surface area (Å²) in [5, 5.41) is 20.3. The van der Waals surface area contributed by atoms with Crippen LogP contribution in [0.25, 0.3) is 0 Å². The summed E-state index contributed by atoms with van der Waals surface area (Å²) in [6.45, 7) is 1.98. The van der Waals surface area contributed by atoms with E-state index in [1.807, 2.05) is 6.92 Å². The number of hydrogen-bond donors (Lipinski definition) is 2. The molecule has 1 aromatic heterocycles. The highest BCUT2D eigenvalue weighted by Crippen LogP contribution is 2.30. The van der Waals surface area contributed by atoms with Gasteiger partial charge in [0.15, 0.2) is 5.78 Å². The number of carbonyl (C=O) groups is 4. The van der Waals surface area contributed by atoms with Crippen LogP contribution in [-0.4, -0.2) is 38.5 Å². The van der Waals surface area contributed by atoms with E-state index in [2.05, 4.69) is 0 Å². The van der Waals surface area contributed by atoms with Crippen molar-refractivity contribution in [3.8, 4) is 11.8 Å². The second-order valence-electron chi connectivity index (χ2n) is 6.68. The summed E-state index contributed by atoms with van der Waals surface area (Å²) in [4.78, 5) is 54.2. The van der Waals surface area contributed by atoms with Gasteiger partial charge in [-0.15, -0.1) is 4.73 Å². The van der Waals surface area contributed by atoms with E-state index in [-0.39, 0.29) is 23.2 Å². The molecule has 9 heteroatoms. The van der Waals surface area contributed by atoms with E-state index >= 15 is 0 Å². The molecule has 2 amide bonds. The average molecular weight is 412 g/mol. The topological polar surface area (TPSA) is 126 Å². The Morgan fingerprint density at radius 2 is 1.73 bits per heavy atom. The molecule has 0 spiro atoms. The molecule has 0 radical (unpaired) electrons. The Morgan fingerprint density at radius 3 is 2.40 bits per heavy atom. The maximum absolute atomic E-state index is 12.8. The molecule has 0 fully saturated rings. The molecule has 0 saturated carbocycles. The van der Waals surface area contributed by atoms with Gasteiger partial charge in [0, 0.05) is 30.2 Å². The molecule has 2 N–H and O–H groups in total. The van der Waals surface area contributed by atoms with Gasteiger partial charge in [-0.25, -0.2) is 9.69 Å². The number of nitrogens with zero attached hydrogens (tertiary/aromatic N) is 2. The zero-order valence-corrected chi connectivity index (χ0v) is 16.2. The van der Waals surface area contributed by atoms with Crippen molar-refractivity contribution in [1.29, 1.82) is 0 Å². The SMILES string of the molecule is CCCCCC(=O)On1c(O)cc(C(=O)c2cccc(N3C(=O)C=CC3=O)c2)c1O. The molecule has 1 aliphatic heterocycles. The van der Waals surface area contributed by atoms with Gasteiger partial charge in [0.1, 0.15) is 0 Å². The van der Waals surface area contributed by atoms with Crippen LogP contribution in [0.5, 0.6) is 11.8 Å². The lowest BCUT2D eigenvalue weighted by Crippen LogP contribution is -2.29. The second-order valence-corrected chi connectivity index (χ2v) is 6.68. The first kappa shape index (κ1) is 20.8. The number of hydrogen-bond acceptors (Lipinski definition) is 7. The number of unbranched alkanes of at least 4 members (excludes halogenated alkanes) is 2. The minimum atomic E-state index is -0.735. The van der Waals surface area contributed by atoms with Crippen LogP contribution in [0, 0.1) is 0 Å². The third-order valence-electron chi connectivity index (χ3n) is 4.51. The van der Waals surface area contributed by atoms with Crippen molar-refractivity contribution < 1.29 is 34.2 Å². The molecule has 0 aliphatic carbocycles. The Bertz CT molecular complexity index is 1030. The Kier molecular flexibility index (Phi) is 6.01. The summed E-state index contributed by atoms with van der Waals surface area (Å²) in [5.74, 6) is -3.79. The number of benzene rings is 1. The molecule has 2 heterocycles. The lowest BCUT2D eigenvalue weighted by atomic mass is 10.0. The second kappa shape index (κ2) is 8.64. The van der Waals surface area contributed by atoms with E-state index in [1.54, 1.807) is 0 Å². The summed E-state index contributed by atoms with van der Waals surface area (Å²) in [7, 11) is 0. The van der Waals surface area contributed by atoms with Crippen LogP contribution in [0.1, 0.15) is 48.5 Å². The number of amides is 2. The number of aromatic nitrogens is 1. The van der Waals surface area contributed by atoms with E-state index in [4.69, 9.17) is 4.84 Å². The van der Waals surface area contributed by atoms with Crippen molar-refractivity contribution in [3.05, 3.63) is 53.6 Å². The zero-order valence-electron chi connectivity index (χ0n) is 16.2. The lowest BCUT2D eigenvalue weighted by Gasteiger charge is -2.14. The summed E-state index contributed by atoms with van der Waals surface area (Å²) in [6, 6.07) is 6.67. The van der Waals surface area contributed by atoms with E-state index in [0.29, 0.717) is 11.2 Å². The van der Waals surface area contributed by atoms with Crippen LogP contribution in [0.4, 0.5) is 5.69 Å². The van der Waals surface area contributed by atoms with Crippen LogP contribution in [-0.2, 0) is 14.4 Å². The summed E-state index contributed by atoms with van der Waals surface area (Å²) in [5.41, 5.74) is -0.0590. The zero-order chi connectivity index (χ0) is 21.8. The molecule has 0 unspecified atom stereocenters. The van der Waals surface area contributed by atoms with Crippen LogP contribution in [0.15, 0.2) is 42.5 Å². The predicted molar refractivity (Wildman–Crippen MR) is 105 cm³/mol. The average Bonchev–Trinajstić information content (AvgIpc) is 3.20. The van der Waals surface area contributed by atoms with Crippen molar-refractivity contribution >= 4 is 29.3 Å². The molecular formula is C21H20N2O7. The standard InChI is InChI=1S/C21H20N2O7/c1-2-3-4-8-19(27)30-23-18(26)12-15(21(23)29)20(28)13-6-5-7-14(11-13)22-16(24)9-10-17(22)25/h5-7,9-12,26,29H,2-4,8H2,1H3. The highest BCUT2D eigenvalue weighted by molar-refractivity contribution is 6.28. The molecule has 3 rings (SSSR count). The number of aromatic hydroxyl groups is 2. The summed E-state index contributed by atoms with van der Waals surface area (Å²) >= 11 is 0. The molecule has 156 valence electrons. The molecule has 2 aromatic rings. The van der Waals surface area contributed by atoms with Crippen molar-refractivity contribution in [3.63, 3.8) is 0 Å². The molecule has 1 aromatic carbocycles. The first-order chi connectivity index (χ1) is 14.3. The number of ketones is 1. The van der Waals surface area contributed by atoms with Gasteiger partial charge in [-0.1, -0.05) is 31.9 Å². The van der Waals surface area contributed by atoms with E-state index in [0.717, 1.165) is 36.0 Å². The fourth-order valence-electron chi connectivity index (χ4n) is 2.99. The largest absolute Gasteiger partial charge is 0.492 e. The fourth-order valence-corrected chi connectivity index (χ4v) is 2.99. The Balaban J connectivity index is 1.83. The van der Waals surface area contributed by atoms with Crippen molar-refractivity contribution in [2.75, 3.05) is 4.90 Å². The molecule has 0 saturated heterocycles. The summed E-state index contributed by atoms with van der Waals surface area (Å²) < 4.78 is 0.489. The smallest absolute Gasteiger partial charge is 0.333 e. The highest BCUT2D eigenvalue weighted by Gasteiger charge is 2.27. The minimum absolute atomic E-state index is 0.0572. The Hall–Kier alpha value is -3.88. The van der Waals surface area contributed by atoms with E-state index in [1.165, 1.54) is 24.3 Å². The highest BCUT2D eigenvalue weighted by atomic mass is 16.7. The van der Waals surface area contributed by atoms with Gasteiger partial charge in [-0.2, -0.15) is 0 Å². The number of imide groups is 1. The number of carbonyl (C=O) groups excluding carboxylic acids is 4. The van der Waals surface area contributed by atoms with Gasteiger partial charge < -0.3 is 15.1 Å². The van der Waals surface area contributed by atoms with Gasteiger partial charge in [0.2, 0.25) is 11.8 Å². The molecule has 0 atom stereocenters. The van der Waals surface area contributed by atoms with Crippen LogP contribution in [0.3, 0.4) is 0 Å². The monoisotopic (exact) mass is 412 g/mol. The van der Waals surface area contributed by atoms with Crippen LogP contribution < -0.4 is 9.74 Å². The van der Waals surface area contributed by atoms with Gasteiger partial charge in [-0.3, -0.25) is 14.4 Å². The van der Waals surface area contributed by atoms with Crippen LogP contribution in [0.2, 0.25) is 0 Å². The molecule has 1 aliphatic rings. The molecule has 30 heavy (non-hydrogen) atoms. The third kappa shape index (κ3) is 4.09. The van der Waals surface area contributed by atoms with Gasteiger partial charge in [0.05, 0.1) is 11.3 Å². The number of anilines is 1. The normalized spacial score (nSPS) is 13.2. The molecule has 9 nitrogen and oxygen atoms in total. The van der Waals surface area contributed by atoms with Crippen LogP contribution >= 0.6 is 0 Å². The van der Waals surface area contributed by atoms with Crippen molar-refractivity contribution in [2.45, 2.75) is 32.6 Å². The maximum Gasteiger partial charge on any atom is 0.333 e. The van der Waals surface area contributed by atoms with Gasteiger partial charge >= 0.3 is 5.97 Å². The third-order valence-corrected chi connectivity index (χ3v) is 4.51. The summed E-state index contributed by atoms with van der Waals surface area (Å²) in [6.07, 6.45) is 4.68.